The fraction of sp³-hybridized carbons (Fsp3) is 0.500. The fourth-order valence-electron chi connectivity index (χ4n) is 3.13. The summed E-state index contributed by atoms with van der Waals surface area (Å²) in [6, 6.07) is 2.42. The average Bonchev–Trinajstić information content (AvgIpc) is 2.54. The third-order valence-corrected chi connectivity index (χ3v) is 5.64. The zero-order chi connectivity index (χ0) is 20.4. The average molecular weight is 402 g/mol. The zero-order valence-corrected chi connectivity index (χ0v) is 15.8. The molecule has 0 aliphatic heterocycles. The first-order chi connectivity index (χ1) is 12.5. The summed E-state index contributed by atoms with van der Waals surface area (Å²) >= 11 is 0. The molecule has 0 saturated heterocycles. The van der Waals surface area contributed by atoms with Crippen LogP contribution in [0.2, 0.25) is 0 Å². The Morgan fingerprint density at radius 1 is 1.22 bits per heavy atom. The highest BCUT2D eigenvalue weighted by molar-refractivity contribution is 7.90. The van der Waals surface area contributed by atoms with Gasteiger partial charge in [-0.05, 0) is 36.6 Å². The van der Waals surface area contributed by atoms with Crippen LogP contribution in [-0.4, -0.2) is 45.1 Å². The van der Waals surface area contributed by atoms with E-state index in [2.05, 4.69) is 0 Å². The van der Waals surface area contributed by atoms with Crippen LogP contribution in [0.25, 0.3) is 0 Å². The topological polar surface area (TPSA) is 94.6 Å². The van der Waals surface area contributed by atoms with Gasteiger partial charge in [0.25, 0.3) is 6.43 Å². The predicted molar refractivity (Wildman–Crippen MR) is 91.6 cm³/mol. The number of Topliss-reactive ketones (excluding diaryl/α,β-unsaturated/α-hetero) is 3. The lowest BCUT2D eigenvalue weighted by Gasteiger charge is -2.21. The number of ether oxygens (including phenoxy) is 1. The van der Waals surface area contributed by atoms with Crippen molar-refractivity contribution in [1.29, 1.82) is 0 Å². The first-order valence-corrected chi connectivity index (χ1v) is 10.2. The lowest BCUT2D eigenvalue weighted by Crippen LogP contribution is -2.35. The molecule has 2 rings (SSSR count). The number of carbonyl (C=O) groups is 3. The second-order valence-electron chi connectivity index (χ2n) is 6.48. The molecule has 1 aliphatic rings. The van der Waals surface area contributed by atoms with Crippen molar-refractivity contribution in [1.82, 2.24) is 0 Å². The van der Waals surface area contributed by atoms with Crippen LogP contribution in [-0.2, 0) is 30.8 Å². The van der Waals surface area contributed by atoms with Crippen LogP contribution in [0, 0.1) is 12.8 Å². The fourth-order valence-corrected chi connectivity index (χ4v) is 4.10. The van der Waals surface area contributed by atoms with Crippen LogP contribution in [0.4, 0.5) is 8.78 Å². The van der Waals surface area contributed by atoms with Gasteiger partial charge >= 0.3 is 0 Å². The molecular weight excluding hydrogens is 382 g/mol. The van der Waals surface area contributed by atoms with E-state index < -0.39 is 52.7 Å². The number of sulfone groups is 1. The summed E-state index contributed by atoms with van der Waals surface area (Å²) in [7, 11) is -3.71. The molecule has 0 spiro atoms. The molecule has 1 fully saturated rings. The molecule has 1 aromatic rings. The van der Waals surface area contributed by atoms with Crippen molar-refractivity contribution in [3.8, 4) is 0 Å². The normalized spacial score (nSPS) is 16.2. The molecule has 0 atom stereocenters. The first-order valence-electron chi connectivity index (χ1n) is 8.32. The van der Waals surface area contributed by atoms with Crippen LogP contribution in [0.5, 0.6) is 0 Å². The minimum Gasteiger partial charge on any atom is -0.371 e. The highest BCUT2D eigenvalue weighted by Gasteiger charge is 2.37. The smallest absolute Gasteiger partial charge is 0.261 e. The molecular formula is C18H20F2O6S. The van der Waals surface area contributed by atoms with Gasteiger partial charge in [-0.1, -0.05) is 0 Å². The van der Waals surface area contributed by atoms with Gasteiger partial charge in [-0.2, -0.15) is 0 Å². The molecule has 0 bridgehead atoms. The molecule has 148 valence electrons. The maximum absolute atomic E-state index is 12.8. The lowest BCUT2D eigenvalue weighted by atomic mass is 9.80. The van der Waals surface area contributed by atoms with Gasteiger partial charge in [-0.3, -0.25) is 14.4 Å². The molecule has 27 heavy (non-hydrogen) atoms. The summed E-state index contributed by atoms with van der Waals surface area (Å²) < 4.78 is 53.5. The van der Waals surface area contributed by atoms with Crippen molar-refractivity contribution >= 4 is 27.2 Å². The quantitative estimate of drug-likeness (QED) is 0.513. The van der Waals surface area contributed by atoms with Crippen molar-refractivity contribution < 1.29 is 36.3 Å². The van der Waals surface area contributed by atoms with Gasteiger partial charge in [0.2, 0.25) is 0 Å². The number of alkyl halides is 2. The van der Waals surface area contributed by atoms with Crippen LogP contribution >= 0.6 is 0 Å². The van der Waals surface area contributed by atoms with E-state index >= 15 is 0 Å². The zero-order valence-electron chi connectivity index (χ0n) is 15.0. The molecule has 6 nitrogen and oxygen atoms in total. The second kappa shape index (κ2) is 8.35. The van der Waals surface area contributed by atoms with Gasteiger partial charge in [0.15, 0.2) is 27.2 Å². The number of ketones is 3. The molecule has 0 amide bonds. The number of hydrogen-bond acceptors (Lipinski definition) is 6. The number of rotatable bonds is 7. The molecule has 1 saturated carbocycles. The van der Waals surface area contributed by atoms with E-state index in [1.165, 1.54) is 19.1 Å². The van der Waals surface area contributed by atoms with Gasteiger partial charge < -0.3 is 4.74 Å². The number of carbonyl (C=O) groups excluding carboxylic acids is 3. The van der Waals surface area contributed by atoms with Crippen molar-refractivity contribution in [3.05, 3.63) is 28.8 Å². The van der Waals surface area contributed by atoms with Crippen LogP contribution < -0.4 is 0 Å². The molecule has 1 aliphatic carbocycles. The Bertz CT molecular complexity index is 860. The third-order valence-electron chi connectivity index (χ3n) is 4.46. The van der Waals surface area contributed by atoms with Gasteiger partial charge in [0, 0.05) is 24.7 Å². The Morgan fingerprint density at radius 2 is 1.81 bits per heavy atom. The molecule has 0 N–H and O–H groups in total. The Balaban J connectivity index is 2.47. The summed E-state index contributed by atoms with van der Waals surface area (Å²) in [4.78, 5) is 36.7. The number of halogens is 2. The minimum atomic E-state index is -3.71. The summed E-state index contributed by atoms with van der Waals surface area (Å²) in [5.41, 5.74) is 0.287. The van der Waals surface area contributed by atoms with Gasteiger partial charge in [0.05, 0.1) is 11.5 Å². The predicted octanol–water partition coefficient (Wildman–Crippen LogP) is 2.30. The van der Waals surface area contributed by atoms with Crippen LogP contribution in [0.1, 0.15) is 40.7 Å². The molecule has 0 radical (unpaired) electrons. The van der Waals surface area contributed by atoms with E-state index in [-0.39, 0.29) is 34.4 Å². The number of hydrogen-bond donors (Lipinski definition) is 0. The molecule has 1 aromatic carbocycles. The standard InChI is InChI=1S/C18H20F2O6S/c1-10-11(18(23)17-13(21)4-3-5-14(17)22)6-7-15(27(2,24)25)12(10)8-26-9-16(19)20/h6-7,16-17H,3-5,8-9H2,1-2H3. The minimum absolute atomic E-state index is 0.0200. The molecule has 0 unspecified atom stereocenters. The number of benzene rings is 1. The van der Waals surface area contributed by atoms with Gasteiger partial charge in [-0.15, -0.1) is 0 Å². The summed E-state index contributed by atoms with van der Waals surface area (Å²) in [5.74, 6) is -3.01. The summed E-state index contributed by atoms with van der Waals surface area (Å²) in [6.45, 7) is 0.118. The van der Waals surface area contributed by atoms with E-state index in [0.717, 1.165) is 6.26 Å². The molecule has 0 aromatic heterocycles. The SMILES string of the molecule is Cc1c(C(=O)C2C(=O)CCCC2=O)ccc(S(C)(=O)=O)c1COCC(F)F. The summed E-state index contributed by atoms with van der Waals surface area (Å²) in [6.07, 6.45) is -1.11. The Kier molecular flexibility index (Phi) is 6.59. The third kappa shape index (κ3) is 4.84. The molecule has 0 heterocycles. The van der Waals surface area contributed by atoms with Crippen molar-refractivity contribution in [3.63, 3.8) is 0 Å². The Morgan fingerprint density at radius 3 is 2.33 bits per heavy atom. The van der Waals surface area contributed by atoms with E-state index in [0.29, 0.717) is 6.42 Å². The van der Waals surface area contributed by atoms with Gasteiger partial charge in [-0.25, -0.2) is 17.2 Å². The van der Waals surface area contributed by atoms with Gasteiger partial charge in [0.1, 0.15) is 12.5 Å². The van der Waals surface area contributed by atoms with Crippen molar-refractivity contribution in [2.45, 2.75) is 44.1 Å². The summed E-state index contributed by atoms with van der Waals surface area (Å²) in [5, 5.41) is 0. The monoisotopic (exact) mass is 402 g/mol. The molecule has 9 heteroatoms. The van der Waals surface area contributed by atoms with Crippen LogP contribution in [0.15, 0.2) is 17.0 Å². The maximum atomic E-state index is 12.8. The largest absolute Gasteiger partial charge is 0.371 e. The van der Waals surface area contributed by atoms with Crippen molar-refractivity contribution in [2.24, 2.45) is 5.92 Å². The van der Waals surface area contributed by atoms with Crippen molar-refractivity contribution in [2.75, 3.05) is 12.9 Å². The lowest BCUT2D eigenvalue weighted by molar-refractivity contribution is -0.133. The highest BCUT2D eigenvalue weighted by Crippen LogP contribution is 2.28. The second-order valence-corrected chi connectivity index (χ2v) is 8.46. The van der Waals surface area contributed by atoms with Crippen LogP contribution in [0.3, 0.4) is 0 Å². The maximum Gasteiger partial charge on any atom is 0.261 e. The first kappa shape index (κ1) is 21.3. The van der Waals surface area contributed by atoms with E-state index in [9.17, 15) is 31.6 Å². The Labute approximate surface area is 155 Å². The highest BCUT2D eigenvalue weighted by atomic mass is 32.2. The van der Waals surface area contributed by atoms with E-state index in [1.54, 1.807) is 0 Å². The van der Waals surface area contributed by atoms with E-state index in [4.69, 9.17) is 4.74 Å². The van der Waals surface area contributed by atoms with E-state index in [1.807, 2.05) is 0 Å². The Hall–Kier alpha value is -2.00.